The molecule has 5 heterocycles. The van der Waals surface area contributed by atoms with Gasteiger partial charge in [-0.25, -0.2) is 0 Å². The van der Waals surface area contributed by atoms with Crippen LogP contribution < -0.4 is 24.6 Å². The minimum absolute atomic E-state index is 0.00668. The first-order chi connectivity index (χ1) is 28.5. The number of hydrogen-bond donors (Lipinski definition) is 1. The maximum Gasteiger partial charge on any atom is 0.264 e. The van der Waals surface area contributed by atoms with E-state index in [0.29, 0.717) is 51.1 Å². The minimum atomic E-state index is -2.44. The number of aryl methyl sites for hydroxylation is 1. The molecule has 0 saturated carbocycles. The van der Waals surface area contributed by atoms with Crippen LogP contribution >= 0.6 is 0 Å². The number of ether oxygens (including phenoxy) is 2. The van der Waals surface area contributed by atoms with Crippen LogP contribution in [0.4, 0.5) is 17.1 Å². The van der Waals surface area contributed by atoms with E-state index in [4.69, 9.17) is 9.47 Å². The fraction of sp³-hybridized carbons (Fsp3) is 0.370. The van der Waals surface area contributed by atoms with Crippen molar-refractivity contribution >= 4 is 48.0 Å². The molecule has 304 valence electrons. The van der Waals surface area contributed by atoms with Crippen molar-refractivity contribution in [2.75, 3.05) is 41.5 Å². The van der Waals surface area contributed by atoms with Gasteiger partial charge in [-0.3, -0.25) is 19.1 Å². The van der Waals surface area contributed by atoms with Crippen LogP contribution in [-0.2, 0) is 37.8 Å². The highest BCUT2D eigenvalue weighted by Crippen LogP contribution is 2.60. The second-order valence-electron chi connectivity index (χ2n) is 16.8. The third-order valence-electron chi connectivity index (χ3n) is 13.4. The number of carbonyl (C=O) groups is 3. The number of rotatable bonds is 13. The summed E-state index contributed by atoms with van der Waals surface area (Å²) in [5.74, 6) is 0.312. The van der Waals surface area contributed by atoms with E-state index in [1.54, 1.807) is 16.9 Å². The first-order valence-corrected chi connectivity index (χ1v) is 23.7. The fourth-order valence-electron chi connectivity index (χ4n) is 9.93. The predicted octanol–water partition coefficient (Wildman–Crippen LogP) is 5.74. The Bertz CT molecular complexity index is 2390. The standard InChI is InChI=1S/C46H50N6O6Si/c1-30-44(59(3,4)36-17-15-35(57-2)16-18-36)41(20-23-49-28-39(47-48-49)37(29-53)32-8-6-5-7-9-32)58-46(30)38-26-34(51-25-22-43(51)55)14-19-40(38)52(45(46)56)27-31-10-12-33(13-11-31)50-24-21-42(50)54/h5-19,26,28,30,37,41,44,53H,20-25,27,29H2,1-4H3/t30-,37?,41+,44-,46+/m1/s1. The number of anilines is 3. The van der Waals surface area contributed by atoms with Gasteiger partial charge in [0.25, 0.3) is 5.91 Å². The molecule has 3 saturated heterocycles. The molecule has 1 N–H and O–H groups in total. The van der Waals surface area contributed by atoms with Gasteiger partial charge in [0.15, 0.2) is 5.60 Å². The van der Waals surface area contributed by atoms with Gasteiger partial charge >= 0.3 is 0 Å². The Kier molecular flexibility index (Phi) is 10.0. The Morgan fingerprint density at radius 1 is 0.898 bits per heavy atom. The summed E-state index contributed by atoms with van der Waals surface area (Å²) in [6.45, 7) is 8.97. The van der Waals surface area contributed by atoms with Gasteiger partial charge < -0.3 is 29.3 Å². The number of β-lactam (4-membered cyclic amide) rings is 2. The molecular formula is C46H50N6O6Si. The van der Waals surface area contributed by atoms with Crippen molar-refractivity contribution < 1.29 is 29.0 Å². The van der Waals surface area contributed by atoms with Crippen LogP contribution in [0.15, 0.2) is 103 Å². The average Bonchev–Trinajstić information content (AvgIpc) is 3.90. The Labute approximate surface area is 345 Å². The van der Waals surface area contributed by atoms with Crippen molar-refractivity contribution in [2.45, 2.75) is 75.5 Å². The maximum absolute atomic E-state index is 15.5. The number of nitrogens with zero attached hydrogens (tertiary/aromatic N) is 6. The van der Waals surface area contributed by atoms with Crippen LogP contribution in [0, 0.1) is 5.92 Å². The van der Waals surface area contributed by atoms with Crippen molar-refractivity contribution in [3.8, 4) is 5.75 Å². The number of methoxy groups -OCH3 is 1. The number of carbonyl (C=O) groups excluding carboxylic acids is 3. The minimum Gasteiger partial charge on any atom is -0.497 e. The number of hydrogen-bond acceptors (Lipinski definition) is 8. The van der Waals surface area contributed by atoms with Gasteiger partial charge in [0.2, 0.25) is 11.8 Å². The normalized spacial score (nSPS) is 23.1. The summed E-state index contributed by atoms with van der Waals surface area (Å²) in [5.41, 5.74) is 4.47. The van der Waals surface area contributed by atoms with E-state index in [-0.39, 0.29) is 47.8 Å². The van der Waals surface area contributed by atoms with Gasteiger partial charge in [-0.15, -0.1) is 5.10 Å². The first-order valence-electron chi connectivity index (χ1n) is 20.6. The van der Waals surface area contributed by atoms with Crippen LogP contribution in [0.2, 0.25) is 18.6 Å². The molecule has 4 aliphatic rings. The van der Waals surface area contributed by atoms with Gasteiger partial charge in [-0.2, -0.15) is 0 Å². The first kappa shape index (κ1) is 38.9. The van der Waals surface area contributed by atoms with Crippen LogP contribution in [0.1, 0.15) is 54.5 Å². The highest BCUT2D eigenvalue weighted by Gasteiger charge is 2.66. The molecule has 1 unspecified atom stereocenters. The summed E-state index contributed by atoms with van der Waals surface area (Å²) < 4.78 is 14.8. The van der Waals surface area contributed by atoms with E-state index in [1.807, 2.05) is 101 Å². The van der Waals surface area contributed by atoms with Crippen LogP contribution in [0.25, 0.3) is 0 Å². The smallest absolute Gasteiger partial charge is 0.264 e. The molecule has 9 rings (SSSR count). The lowest BCUT2D eigenvalue weighted by atomic mass is 9.82. The van der Waals surface area contributed by atoms with E-state index < -0.39 is 13.7 Å². The van der Waals surface area contributed by atoms with Gasteiger partial charge in [0, 0.05) is 61.5 Å². The monoisotopic (exact) mass is 810 g/mol. The summed E-state index contributed by atoms with van der Waals surface area (Å²) in [4.78, 5) is 45.8. The van der Waals surface area contributed by atoms with Crippen molar-refractivity contribution in [1.29, 1.82) is 0 Å². The zero-order chi connectivity index (χ0) is 41.1. The van der Waals surface area contributed by atoms with Crippen molar-refractivity contribution in [1.82, 2.24) is 15.0 Å². The molecule has 0 aliphatic carbocycles. The third-order valence-corrected chi connectivity index (χ3v) is 17.7. The molecule has 1 spiro atoms. The van der Waals surface area contributed by atoms with Crippen LogP contribution in [0.5, 0.6) is 5.75 Å². The number of amides is 3. The molecule has 3 fully saturated rings. The second kappa shape index (κ2) is 15.2. The lowest BCUT2D eigenvalue weighted by molar-refractivity contribution is -0.146. The number of fused-ring (bicyclic) bond motifs is 2. The summed E-state index contributed by atoms with van der Waals surface area (Å²) in [5, 5.41) is 20.6. The quantitative estimate of drug-likeness (QED) is 0.118. The van der Waals surface area contributed by atoms with E-state index in [0.717, 1.165) is 39.5 Å². The SMILES string of the molecule is COc1ccc([Si](C)(C)[C@H]2[C@H](CCn3cc(C(CO)c4ccccc4)nn3)O[C@@]3(C(=O)N(Cc4ccc(N5CCC5=O)cc4)c4ccc(N5CCC5=O)cc43)[C@@H]2C)cc1. The van der Waals surface area contributed by atoms with Gasteiger partial charge in [0.1, 0.15) is 5.75 Å². The lowest BCUT2D eigenvalue weighted by Crippen LogP contribution is -2.51. The molecule has 5 aromatic rings. The molecule has 4 aliphatic heterocycles. The van der Waals surface area contributed by atoms with Gasteiger partial charge in [-0.1, -0.05) is 85.0 Å². The summed E-state index contributed by atoms with van der Waals surface area (Å²) >= 11 is 0. The zero-order valence-corrected chi connectivity index (χ0v) is 35.0. The summed E-state index contributed by atoms with van der Waals surface area (Å²) in [6.07, 6.45) is 3.21. The maximum atomic E-state index is 15.5. The molecule has 4 aromatic carbocycles. The Balaban J connectivity index is 1.09. The molecule has 0 bridgehead atoms. The van der Waals surface area contributed by atoms with Gasteiger partial charge in [-0.05, 0) is 65.6 Å². The number of aliphatic hydroxyl groups is 1. The Hall–Kier alpha value is -5.63. The number of aliphatic hydroxyl groups excluding tert-OH is 1. The third kappa shape index (κ3) is 6.55. The van der Waals surface area contributed by atoms with Crippen molar-refractivity contribution in [3.63, 3.8) is 0 Å². The topological polar surface area (TPSA) is 130 Å². The van der Waals surface area contributed by atoms with Crippen LogP contribution in [0.3, 0.4) is 0 Å². The zero-order valence-electron chi connectivity index (χ0n) is 34.0. The molecule has 0 radical (unpaired) electrons. The summed E-state index contributed by atoms with van der Waals surface area (Å²) in [6, 6.07) is 32.0. The molecule has 3 amide bonds. The van der Waals surface area contributed by atoms with E-state index in [9.17, 15) is 14.7 Å². The van der Waals surface area contributed by atoms with Gasteiger partial charge in [0.05, 0.1) is 51.7 Å². The van der Waals surface area contributed by atoms with Crippen molar-refractivity contribution in [3.05, 3.63) is 126 Å². The van der Waals surface area contributed by atoms with Crippen LogP contribution in [-0.4, -0.2) is 78.8 Å². The highest BCUT2D eigenvalue weighted by atomic mass is 28.3. The lowest BCUT2D eigenvalue weighted by Gasteiger charge is -2.37. The molecule has 59 heavy (non-hydrogen) atoms. The van der Waals surface area contributed by atoms with Crippen molar-refractivity contribution in [2.24, 2.45) is 5.92 Å². The molecule has 1 aromatic heterocycles. The van der Waals surface area contributed by atoms with E-state index in [2.05, 4.69) is 42.5 Å². The average molecular weight is 811 g/mol. The summed E-state index contributed by atoms with van der Waals surface area (Å²) in [7, 11) is -0.771. The largest absolute Gasteiger partial charge is 0.497 e. The van der Waals surface area contributed by atoms with E-state index >= 15 is 4.79 Å². The fourth-order valence-corrected chi connectivity index (χ4v) is 14.0. The number of aromatic nitrogens is 3. The molecule has 13 heteroatoms. The Morgan fingerprint density at radius 2 is 1.58 bits per heavy atom. The Morgan fingerprint density at radius 3 is 2.20 bits per heavy atom. The van der Waals surface area contributed by atoms with E-state index in [1.165, 1.54) is 5.19 Å². The second-order valence-corrected chi connectivity index (χ2v) is 21.5. The molecular weight excluding hydrogens is 761 g/mol. The number of benzene rings is 4. The molecule has 5 atom stereocenters. The predicted molar refractivity (Wildman–Crippen MR) is 228 cm³/mol. The molecule has 12 nitrogen and oxygen atoms in total. The highest BCUT2D eigenvalue weighted by molar-refractivity contribution is 6.91.